The molecule has 2 atom stereocenters. The maximum absolute atomic E-state index is 12.6. The van der Waals surface area contributed by atoms with Crippen LogP contribution >= 0.6 is 0 Å². The van der Waals surface area contributed by atoms with Crippen molar-refractivity contribution in [3.8, 4) is 28.7 Å². The van der Waals surface area contributed by atoms with Crippen molar-refractivity contribution in [2.45, 2.75) is 38.9 Å². The van der Waals surface area contributed by atoms with E-state index in [0.29, 0.717) is 33.9 Å². The van der Waals surface area contributed by atoms with Crippen LogP contribution in [-0.4, -0.2) is 53.4 Å². The van der Waals surface area contributed by atoms with Gasteiger partial charge >= 0.3 is 5.97 Å². The fourth-order valence-corrected chi connectivity index (χ4v) is 4.79. The maximum Gasteiger partial charge on any atom is 0.306 e. The van der Waals surface area contributed by atoms with Crippen molar-refractivity contribution in [2.75, 3.05) is 21.3 Å². The summed E-state index contributed by atoms with van der Waals surface area (Å²) in [6, 6.07) is 6.24. The molecule has 200 valence electrons. The fourth-order valence-electron chi connectivity index (χ4n) is 4.79. The molecule has 1 aromatic heterocycles. The van der Waals surface area contributed by atoms with Crippen molar-refractivity contribution >= 4 is 11.8 Å². The van der Waals surface area contributed by atoms with E-state index in [9.17, 15) is 24.9 Å². The van der Waals surface area contributed by atoms with Gasteiger partial charge in [0.05, 0.1) is 45.6 Å². The highest BCUT2D eigenvalue weighted by molar-refractivity contribution is 5.98. The summed E-state index contributed by atoms with van der Waals surface area (Å²) in [5.41, 5.74) is 1.82. The largest absolute Gasteiger partial charge is 0.507 e. The Hall–Kier alpha value is -4.31. The fraction of sp³-hybridized carbons (Fsp3) is 0.321. The molecule has 4 rings (SSSR count). The molecular formula is C28H29NO9. The molecule has 0 spiro atoms. The van der Waals surface area contributed by atoms with Gasteiger partial charge < -0.3 is 34.3 Å². The van der Waals surface area contributed by atoms with Crippen LogP contribution in [0.5, 0.6) is 28.7 Å². The van der Waals surface area contributed by atoms with Gasteiger partial charge in [-0.2, -0.15) is 0 Å². The average molecular weight is 524 g/mol. The maximum atomic E-state index is 12.6. The number of aromatic hydroxyl groups is 3. The van der Waals surface area contributed by atoms with Gasteiger partial charge in [-0.05, 0) is 26.0 Å². The predicted octanol–water partition coefficient (Wildman–Crippen LogP) is 4.04. The number of aryl methyl sites for hydroxylation is 1. The Morgan fingerprint density at radius 3 is 2.45 bits per heavy atom. The minimum absolute atomic E-state index is 0.0797. The Balaban J connectivity index is 2.01. The molecule has 10 nitrogen and oxygen atoms in total. The van der Waals surface area contributed by atoms with Crippen LogP contribution in [0.25, 0.3) is 0 Å². The monoisotopic (exact) mass is 523 g/mol. The van der Waals surface area contributed by atoms with Gasteiger partial charge in [0.1, 0.15) is 34.9 Å². The van der Waals surface area contributed by atoms with Gasteiger partial charge in [0.25, 0.3) is 0 Å². The number of esters is 1. The number of phenols is 2. The van der Waals surface area contributed by atoms with Crippen LogP contribution in [0.15, 0.2) is 30.5 Å². The zero-order chi connectivity index (χ0) is 27.7. The molecule has 0 fully saturated rings. The standard InChI is InChI=1S/C28H29NO9/c1-13-25(32)23-15(11-29-13)12-38-28(23)20-9-18(14(2)30)26(33)24(27(20)34)19(10-22(31)37-5)17-7-6-16(35-3)8-21(17)36-4/h6-9,11,19,28,32-34H,10,12H2,1-5H3/t19-,28-/m0/s1. The third kappa shape index (κ3) is 4.58. The van der Waals surface area contributed by atoms with Crippen molar-refractivity contribution in [2.24, 2.45) is 0 Å². The Labute approximate surface area is 219 Å². The number of Topliss-reactive ketones (excluding diaryl/α,β-unsaturated/α-hetero) is 1. The number of phenolic OH excluding ortho intramolecular Hbond substituents is 2. The van der Waals surface area contributed by atoms with E-state index in [1.807, 2.05) is 0 Å². The van der Waals surface area contributed by atoms with E-state index in [1.54, 1.807) is 31.3 Å². The second-order valence-corrected chi connectivity index (χ2v) is 8.94. The topological polar surface area (TPSA) is 145 Å². The summed E-state index contributed by atoms with van der Waals surface area (Å²) in [6.45, 7) is 3.03. The molecule has 2 heterocycles. The van der Waals surface area contributed by atoms with E-state index in [1.165, 1.54) is 34.3 Å². The van der Waals surface area contributed by atoms with Gasteiger partial charge in [-0.15, -0.1) is 0 Å². The minimum atomic E-state index is -0.991. The van der Waals surface area contributed by atoms with Crippen molar-refractivity contribution < 1.29 is 43.9 Å². The van der Waals surface area contributed by atoms with Gasteiger partial charge in [-0.1, -0.05) is 6.07 Å². The number of nitrogens with zero attached hydrogens (tertiary/aromatic N) is 1. The van der Waals surface area contributed by atoms with Gasteiger partial charge in [-0.25, -0.2) is 0 Å². The second kappa shape index (κ2) is 10.6. The summed E-state index contributed by atoms with van der Waals surface area (Å²) < 4.78 is 21.7. The average Bonchev–Trinajstić information content (AvgIpc) is 3.34. The SMILES string of the molecule is COC(=O)C[C@@H](c1ccc(OC)cc1OC)c1c(O)c(C(C)=O)cc([C@@H]2OCc3cnc(C)c(O)c32)c1O. The highest BCUT2D eigenvalue weighted by Crippen LogP contribution is 2.51. The van der Waals surface area contributed by atoms with Crippen LogP contribution in [0.2, 0.25) is 0 Å². The predicted molar refractivity (Wildman–Crippen MR) is 135 cm³/mol. The number of fused-ring (bicyclic) bond motifs is 1. The van der Waals surface area contributed by atoms with E-state index in [-0.39, 0.29) is 35.5 Å². The molecule has 0 bridgehead atoms. The highest BCUT2D eigenvalue weighted by Gasteiger charge is 2.37. The van der Waals surface area contributed by atoms with Crippen LogP contribution in [0.4, 0.5) is 0 Å². The first-order chi connectivity index (χ1) is 18.1. The molecule has 38 heavy (non-hydrogen) atoms. The molecule has 3 N–H and O–H groups in total. The summed E-state index contributed by atoms with van der Waals surface area (Å²) in [5, 5.41) is 33.7. The van der Waals surface area contributed by atoms with Crippen LogP contribution in [-0.2, 0) is 20.9 Å². The number of benzene rings is 2. The first kappa shape index (κ1) is 26.7. The lowest BCUT2D eigenvalue weighted by molar-refractivity contribution is -0.140. The van der Waals surface area contributed by atoms with Crippen LogP contribution in [0.1, 0.15) is 69.2 Å². The molecule has 0 aliphatic carbocycles. The number of hydrogen-bond acceptors (Lipinski definition) is 10. The van der Waals surface area contributed by atoms with Gasteiger partial charge in [0, 0.05) is 46.0 Å². The lowest BCUT2D eigenvalue weighted by Gasteiger charge is -2.25. The van der Waals surface area contributed by atoms with Gasteiger partial charge in [-0.3, -0.25) is 14.6 Å². The zero-order valence-corrected chi connectivity index (χ0v) is 21.7. The molecule has 0 amide bonds. The van der Waals surface area contributed by atoms with Gasteiger partial charge in [0.15, 0.2) is 5.78 Å². The van der Waals surface area contributed by atoms with Crippen LogP contribution in [0.3, 0.4) is 0 Å². The van der Waals surface area contributed by atoms with Crippen molar-refractivity contribution in [3.05, 3.63) is 69.5 Å². The van der Waals surface area contributed by atoms with E-state index in [0.717, 1.165) is 0 Å². The molecule has 1 aliphatic heterocycles. The molecule has 0 saturated heterocycles. The van der Waals surface area contributed by atoms with E-state index < -0.39 is 35.3 Å². The van der Waals surface area contributed by atoms with Crippen molar-refractivity contribution in [1.82, 2.24) is 4.98 Å². The minimum Gasteiger partial charge on any atom is -0.507 e. The Kier molecular flexibility index (Phi) is 7.45. The van der Waals surface area contributed by atoms with Crippen LogP contribution < -0.4 is 9.47 Å². The van der Waals surface area contributed by atoms with Crippen molar-refractivity contribution in [3.63, 3.8) is 0 Å². The summed E-state index contributed by atoms with van der Waals surface area (Å²) in [7, 11) is 4.16. The molecule has 2 aromatic carbocycles. The van der Waals surface area contributed by atoms with E-state index >= 15 is 0 Å². The Morgan fingerprint density at radius 1 is 1.08 bits per heavy atom. The zero-order valence-electron chi connectivity index (χ0n) is 21.7. The number of hydrogen-bond donors (Lipinski definition) is 3. The normalized spacial score (nSPS) is 15.0. The number of ether oxygens (including phenoxy) is 4. The number of methoxy groups -OCH3 is 3. The van der Waals surface area contributed by atoms with Crippen molar-refractivity contribution in [1.29, 1.82) is 0 Å². The highest BCUT2D eigenvalue weighted by atomic mass is 16.5. The molecule has 0 radical (unpaired) electrons. The summed E-state index contributed by atoms with van der Waals surface area (Å²) >= 11 is 0. The summed E-state index contributed by atoms with van der Waals surface area (Å²) in [5.74, 6) is -2.25. The number of rotatable bonds is 8. The third-order valence-electron chi connectivity index (χ3n) is 6.79. The molecule has 3 aromatic rings. The van der Waals surface area contributed by atoms with E-state index in [2.05, 4.69) is 4.98 Å². The second-order valence-electron chi connectivity index (χ2n) is 8.94. The molecule has 1 aliphatic rings. The summed E-state index contributed by atoms with van der Waals surface area (Å²) in [6.07, 6.45) is 0.328. The number of aromatic nitrogens is 1. The third-order valence-corrected chi connectivity index (χ3v) is 6.79. The first-order valence-electron chi connectivity index (χ1n) is 11.8. The van der Waals surface area contributed by atoms with E-state index in [4.69, 9.17) is 18.9 Å². The molecule has 0 unspecified atom stereocenters. The number of ketones is 1. The lowest BCUT2D eigenvalue weighted by atomic mass is 9.82. The quantitative estimate of drug-likeness (QED) is 0.292. The van der Waals surface area contributed by atoms with Crippen LogP contribution in [0, 0.1) is 6.92 Å². The lowest BCUT2D eigenvalue weighted by Crippen LogP contribution is -2.14. The summed E-state index contributed by atoms with van der Waals surface area (Å²) in [4.78, 5) is 29.3. The number of carbonyl (C=O) groups excluding carboxylic acids is 2. The molecular weight excluding hydrogens is 494 g/mol. The smallest absolute Gasteiger partial charge is 0.306 e. The Bertz CT molecular complexity index is 1420. The van der Waals surface area contributed by atoms with Gasteiger partial charge in [0.2, 0.25) is 0 Å². The first-order valence-corrected chi connectivity index (χ1v) is 11.8. The Morgan fingerprint density at radius 2 is 1.82 bits per heavy atom. The molecule has 0 saturated carbocycles. The molecule has 10 heteroatoms. The number of carbonyl (C=O) groups is 2. The number of pyridine rings is 1.